The van der Waals surface area contributed by atoms with Crippen molar-refractivity contribution < 1.29 is 935 Å². The zero-order chi connectivity index (χ0) is 29.0. The van der Waals surface area contributed by atoms with Crippen LogP contribution in [0.3, 0.4) is 0 Å². The molecule has 0 aromatic heterocycles. The van der Waals surface area contributed by atoms with Gasteiger partial charge in [-0.05, 0) is 81.3 Å². The van der Waals surface area contributed by atoms with Crippen LogP contribution in [-0.4, -0.2) is 132 Å². The molecule has 0 rings (SSSR count). The zero-order valence-electron chi connectivity index (χ0n) is 43.6. The molecule has 0 bridgehead atoms. The van der Waals surface area contributed by atoms with Gasteiger partial charge in [-0.25, -0.2) is 0 Å². The van der Waals surface area contributed by atoms with Gasteiger partial charge < -0.3 is 7.43 Å². The van der Waals surface area contributed by atoms with E-state index in [1.807, 2.05) is 6.66 Å². The molecule has 0 aliphatic carbocycles. The molecule has 0 amide bonds. The first-order chi connectivity index (χ1) is 16.1. The smallest absolute Gasteiger partial charge is 0 e. The second kappa shape index (κ2) is 225. The van der Waals surface area contributed by atoms with Gasteiger partial charge in [0.2, 0.25) is 0 Å². The van der Waals surface area contributed by atoms with E-state index in [1.54, 1.807) is 0 Å². The molecular weight excluding hydrogens is 3670 g/mol. The summed E-state index contributed by atoms with van der Waals surface area (Å²) < 4.78 is 0. The molecule has 0 aliphatic rings. The Morgan fingerprint density at radius 2 is 0.478 bits per heavy atom. The summed E-state index contributed by atoms with van der Waals surface area (Å²) in [4.78, 5) is 0. The van der Waals surface area contributed by atoms with E-state index in [-0.39, 0.29) is 1010 Å². The third kappa shape index (κ3) is 284. The third-order valence-corrected chi connectivity index (χ3v) is 25.0. The molecule has 352 valence electrons. The summed E-state index contributed by atoms with van der Waals surface area (Å²) in [5.41, 5.74) is 0. The van der Waals surface area contributed by atoms with Gasteiger partial charge in [0.05, 0.1) is 0 Å². The van der Waals surface area contributed by atoms with E-state index >= 15 is 0 Å². The van der Waals surface area contributed by atoms with Crippen molar-refractivity contribution in [3.8, 4) is 0 Å². The monoisotopic (exact) mass is 3750 g/mol. The topological polar surface area (TPSA) is 0 Å². The Morgan fingerprint density at radius 1 is 0.348 bits per heavy atom. The molecule has 69 heavy (non-hydrogen) atoms. The van der Waals surface area contributed by atoms with Crippen LogP contribution in [0, 0.1) is 7.43 Å². The number of hydrogen-bond donors (Lipinski definition) is 0. The summed E-state index contributed by atoms with van der Waals surface area (Å²) in [7, 11) is -0.163. The van der Waals surface area contributed by atoms with Crippen LogP contribution in [0.4, 0.5) is 0 Å². The summed E-state index contributed by atoms with van der Waals surface area (Å²) in [6, 6.07) is 0. The molecule has 0 aliphatic heterocycles. The van der Waals surface area contributed by atoms with E-state index in [9.17, 15) is 0 Å². The van der Waals surface area contributed by atoms with E-state index in [2.05, 4.69) is 112 Å². The summed E-state index contributed by atoms with van der Waals surface area (Å²) in [5.74, 6) is 4.11. The maximum absolute atomic E-state index is 4.24. The van der Waals surface area contributed by atoms with Gasteiger partial charge in [-0.2, -0.15) is 0 Å². The van der Waals surface area contributed by atoms with Crippen molar-refractivity contribution >= 4 is 111 Å². The van der Waals surface area contributed by atoms with Gasteiger partial charge in [0.25, 0.3) is 0 Å². The van der Waals surface area contributed by atoms with E-state index < -0.39 is 6.89 Å². The third-order valence-electron chi connectivity index (χ3n) is 5.13. The van der Waals surface area contributed by atoms with Crippen LogP contribution in [0.25, 0.3) is 0 Å². The van der Waals surface area contributed by atoms with Crippen molar-refractivity contribution in [1.29, 1.82) is 0 Å². The molecule has 0 spiro atoms. The predicted octanol–water partition coefficient (Wildman–Crippen LogP) is 11.4. The summed E-state index contributed by atoms with van der Waals surface area (Å²) in [6.07, 6.45) is 40.0. The zero-order valence-corrected chi connectivity index (χ0v) is 137. The van der Waals surface area contributed by atoms with Crippen LogP contribution in [-0.2, 0) is 935 Å². The van der Waals surface area contributed by atoms with Crippen LogP contribution in [0.2, 0.25) is 0 Å². The molecule has 0 saturated carbocycles. The Labute approximate surface area is 1160 Å². The maximum Gasteiger partial charge on any atom is 0 e. The Bertz CT molecular complexity index is 747. The van der Waals surface area contributed by atoms with E-state index in [4.69, 9.17) is 0 Å². The van der Waals surface area contributed by atoms with Crippen molar-refractivity contribution in [2.75, 3.05) is 81.3 Å². The van der Waals surface area contributed by atoms with Gasteiger partial charge in [0.1, 0.15) is 0 Å². The van der Waals surface area contributed by atoms with Gasteiger partial charge in [-0.15, -0.1) is 104 Å². The molecule has 0 fully saturated rings. The summed E-state index contributed by atoms with van der Waals surface area (Å²) >= 11 is 0. The second-order valence-electron chi connectivity index (χ2n) is 9.43. The molecule has 5 unspecified atom stereocenters. The maximum atomic E-state index is 4.24. The van der Waals surface area contributed by atoms with E-state index in [0.717, 1.165) is 0 Å². The van der Waals surface area contributed by atoms with Gasteiger partial charge in [-0.3, -0.25) is 0 Å². The van der Waals surface area contributed by atoms with Gasteiger partial charge in [-0.1, -0.05) is 70.1 Å². The largest absolute Gasteiger partial charge is 0.358 e. The molecule has 38 heteroatoms. The van der Waals surface area contributed by atoms with Gasteiger partial charge >= 0.3 is 0 Å². The molecule has 0 nitrogen and oxygen atoms in total. The first-order valence-corrected chi connectivity index (χ1v) is 30.7. The minimum atomic E-state index is -0.654. The van der Waals surface area contributed by atoms with Crippen LogP contribution in [0.1, 0.15) is 63.8 Å². The van der Waals surface area contributed by atoms with Crippen molar-refractivity contribution in [2.24, 2.45) is 0 Å². The Kier molecular flexibility index (Phi) is 854. The summed E-state index contributed by atoms with van der Waals surface area (Å²) in [6.45, 7) is 21.5. The number of rotatable bonds is 12. The molecule has 0 aromatic rings. The molecule has 0 saturated heterocycles. The van der Waals surface area contributed by atoms with Crippen LogP contribution >= 0.6 is 60.4 Å². The molecule has 0 N–H and O–H groups in total. The minimum absolute atomic E-state index is 0. The summed E-state index contributed by atoms with van der Waals surface area (Å²) in [5, 5.41) is 0. The van der Waals surface area contributed by atoms with Gasteiger partial charge in [0.15, 0.2) is 0 Å². The quantitative estimate of drug-likeness (QED) is 0.135. The van der Waals surface area contributed by atoms with Crippen LogP contribution < -0.4 is 0 Å². The van der Waals surface area contributed by atoms with Crippen molar-refractivity contribution in [1.82, 2.24) is 0 Å². The van der Waals surface area contributed by atoms with E-state index in [1.165, 1.54) is 62.9 Å². The Morgan fingerprint density at radius 3 is 0.551 bits per heavy atom. The Balaban J connectivity index is -0.00000000400. The molecule has 0 aromatic carbocycles. The normalized spacial score (nSPS) is 7.46. The average Bonchev–Trinajstić information content (AvgIpc) is 2.79. The standard InChI is InChI=1S/C8H21P3.C6H16P2.C6H15P.C5H13P.C2H5P.3CH4.CH3.4W.26Y/c1-6-10(4)8-11(5)7-9(2)3;1-5-8(4)6-7(2)3;1-5-7(3,4)6-2;1-4-6(3)5-2;1-3-2;;;;;;;;;;;;;;;;;;;;;;;;;;;;;;;;;;/h9-11H,2,4-8H2,1,3H3;7-8H,2,4-6H2,1,3H3;3,5-6H2,1-2,4H3;6H,3-5H2,1-2H3;1H2,2H3;3*1H4;1H3;;;;;;;;;;;;;;;;;;;;;;;;;;;;;;/q;;;;;;;;-1;;;;;;;;;;;;;;;;;;;;;;;;;;;;;;. The Hall–Kier alpha value is 33.7. The predicted molar refractivity (Wildman–Crippen MR) is 249 cm³/mol. The van der Waals surface area contributed by atoms with Crippen molar-refractivity contribution in [2.45, 2.75) is 63.8 Å². The number of hydrogen-bond acceptors (Lipinski definition) is 0. The first kappa shape index (κ1) is 262. The fourth-order valence-corrected chi connectivity index (χ4v) is 16.2. The van der Waals surface area contributed by atoms with Gasteiger partial charge in [0, 0.05) is 935 Å². The fourth-order valence-electron chi connectivity index (χ4n) is 1.99. The van der Waals surface area contributed by atoms with E-state index in [0.29, 0.717) is 0 Å². The molecule has 26 radical (unpaired) electrons. The SMILES string of the molecule is C.C.C.C=P(C)(CC)CC.C=PC.C=[PH](C)C[PH](=C)CC.C=[PH](C)C[PH](=C)C[PH](=C)CC.C=[PH](CC)CC.[CH3-].[W].[W].[W].[W].[Y].[Y].[Y].[Y].[Y].[Y].[Y].[Y].[Y].[Y].[Y].[Y].[Y].[Y].[Y].[Y].[Y].[Y].[Y].[Y].[Y].[Y].[Y].[Y].[Y].[Y]. The molecular formula is C31H85P8W4Y26-. The van der Waals surface area contributed by atoms with Crippen LogP contribution in [0.15, 0.2) is 0 Å². The van der Waals surface area contributed by atoms with Crippen molar-refractivity contribution in [3.05, 3.63) is 7.43 Å². The molecule has 0 heterocycles. The molecule has 5 atom stereocenters. The minimum Gasteiger partial charge on any atom is -0.358 e. The second-order valence-corrected chi connectivity index (χ2v) is 31.5. The average molecular weight is 3750 g/mol. The van der Waals surface area contributed by atoms with Crippen LogP contribution in [0.5, 0.6) is 0 Å². The fraction of sp³-hybridized carbons (Fsp3) is 0.710. The van der Waals surface area contributed by atoms with Crippen molar-refractivity contribution in [3.63, 3.8) is 0 Å². The first-order valence-electron chi connectivity index (χ1n) is 13.1.